The summed E-state index contributed by atoms with van der Waals surface area (Å²) in [4.78, 5) is 1.60. The average molecular weight is 245 g/mol. The molecule has 1 heteroatoms. The molecule has 2 rings (SSSR count). The van der Waals surface area contributed by atoms with E-state index in [0.29, 0.717) is 10.9 Å². The van der Waals surface area contributed by atoms with Crippen molar-refractivity contribution < 1.29 is 0 Å². The van der Waals surface area contributed by atoms with Crippen LogP contribution >= 0.6 is 0 Å². The largest absolute Gasteiger partial charge is 0.165 e. The fourth-order valence-electron chi connectivity index (χ4n) is 2.37. The van der Waals surface area contributed by atoms with Crippen LogP contribution in [-0.4, -0.2) is 11.5 Å². The molecule has 17 heavy (non-hydrogen) atoms. The van der Waals surface area contributed by atoms with Crippen LogP contribution in [0.15, 0.2) is 41.3 Å². The lowest BCUT2D eigenvalue weighted by atomic mass is 10.1. The molecule has 1 atom stereocenters. The molecule has 0 fully saturated rings. The molecule has 0 bridgehead atoms. The van der Waals surface area contributed by atoms with E-state index in [1.54, 1.807) is 4.90 Å². The molecule has 0 amide bonds. The summed E-state index contributed by atoms with van der Waals surface area (Å²) in [6, 6.07) is 13.3. The Morgan fingerprint density at radius 1 is 1.00 bits per heavy atom. The molecule has 0 heterocycles. The topological polar surface area (TPSA) is 0 Å². The van der Waals surface area contributed by atoms with Gasteiger partial charge in [-0.2, -0.15) is 0 Å². The molecule has 2 aromatic rings. The van der Waals surface area contributed by atoms with Gasteiger partial charge < -0.3 is 0 Å². The highest BCUT2D eigenvalue weighted by molar-refractivity contribution is 7.97. The number of hydrogen-bond donors (Lipinski definition) is 0. The van der Waals surface area contributed by atoms with E-state index in [4.69, 9.17) is 0 Å². The number of aryl methyl sites for hydroxylation is 1. The van der Waals surface area contributed by atoms with Gasteiger partial charge in [-0.15, -0.1) is 0 Å². The van der Waals surface area contributed by atoms with E-state index in [2.05, 4.69) is 57.2 Å². The molecule has 0 aromatic heterocycles. The Morgan fingerprint density at radius 3 is 2.47 bits per heavy atom. The highest BCUT2D eigenvalue weighted by atomic mass is 32.2. The first kappa shape index (κ1) is 12.5. The molecule has 0 N–H and O–H groups in total. The molecule has 0 aliphatic rings. The van der Waals surface area contributed by atoms with Crippen LogP contribution in [-0.2, 0) is 10.9 Å². The van der Waals surface area contributed by atoms with Gasteiger partial charge in [-0.25, -0.2) is 0 Å². The monoisotopic (exact) mass is 245 g/mol. The minimum absolute atomic E-state index is 0.419. The molecule has 0 aliphatic carbocycles. The quantitative estimate of drug-likeness (QED) is 0.693. The van der Waals surface area contributed by atoms with Crippen LogP contribution in [0.4, 0.5) is 0 Å². The molecule has 0 spiro atoms. The van der Waals surface area contributed by atoms with Crippen LogP contribution in [0.1, 0.15) is 25.8 Å². The third kappa shape index (κ3) is 2.50. The average Bonchev–Trinajstić information content (AvgIpc) is 2.37. The van der Waals surface area contributed by atoms with Gasteiger partial charge >= 0.3 is 0 Å². The normalized spacial score (nSPS) is 12.9. The SMILES string of the molecule is CCC[S+](CC)c1c(C)ccc2ccccc12. The van der Waals surface area contributed by atoms with Gasteiger partial charge in [0.25, 0.3) is 0 Å². The van der Waals surface area contributed by atoms with E-state index in [-0.39, 0.29) is 0 Å². The van der Waals surface area contributed by atoms with Crippen LogP contribution in [0.2, 0.25) is 0 Å². The van der Waals surface area contributed by atoms with Crippen molar-refractivity contribution in [3.05, 3.63) is 42.0 Å². The molecule has 0 saturated heterocycles. The van der Waals surface area contributed by atoms with Crippen molar-refractivity contribution >= 4 is 21.7 Å². The van der Waals surface area contributed by atoms with E-state index >= 15 is 0 Å². The Hall–Kier alpha value is -0.950. The first-order valence-corrected chi connectivity index (χ1v) is 8.00. The lowest BCUT2D eigenvalue weighted by Crippen LogP contribution is -2.12. The van der Waals surface area contributed by atoms with Crippen molar-refractivity contribution in [1.29, 1.82) is 0 Å². The first-order chi connectivity index (χ1) is 8.27. The second-order valence-corrected chi connectivity index (χ2v) is 6.80. The molecule has 2 aromatic carbocycles. The number of fused-ring (bicyclic) bond motifs is 1. The Kier molecular flexibility index (Phi) is 4.11. The molecular formula is C16H21S+. The molecular weight excluding hydrogens is 224 g/mol. The summed E-state index contributed by atoms with van der Waals surface area (Å²) >= 11 is 0. The molecule has 0 saturated carbocycles. The van der Waals surface area contributed by atoms with E-state index in [0.717, 1.165) is 0 Å². The lowest BCUT2D eigenvalue weighted by Gasteiger charge is -2.11. The van der Waals surface area contributed by atoms with E-state index in [1.165, 1.54) is 34.3 Å². The van der Waals surface area contributed by atoms with Crippen molar-refractivity contribution in [2.75, 3.05) is 11.5 Å². The zero-order valence-corrected chi connectivity index (χ0v) is 11.8. The summed E-state index contributed by atoms with van der Waals surface area (Å²) in [6.45, 7) is 6.86. The summed E-state index contributed by atoms with van der Waals surface area (Å²) < 4.78 is 0. The maximum Gasteiger partial charge on any atom is 0.165 e. The zero-order chi connectivity index (χ0) is 12.3. The molecule has 1 unspecified atom stereocenters. The summed E-state index contributed by atoms with van der Waals surface area (Å²) in [5.74, 6) is 2.59. The second kappa shape index (κ2) is 5.59. The van der Waals surface area contributed by atoms with Gasteiger partial charge in [-0.1, -0.05) is 37.3 Å². The number of rotatable bonds is 4. The smallest absolute Gasteiger partial charge is 0.0616 e. The van der Waals surface area contributed by atoms with E-state index in [9.17, 15) is 0 Å². The predicted molar refractivity (Wildman–Crippen MR) is 80.0 cm³/mol. The minimum Gasteiger partial charge on any atom is -0.0616 e. The van der Waals surface area contributed by atoms with Gasteiger partial charge in [0, 0.05) is 21.8 Å². The zero-order valence-electron chi connectivity index (χ0n) is 11.0. The first-order valence-electron chi connectivity index (χ1n) is 6.43. The maximum absolute atomic E-state index is 2.32. The summed E-state index contributed by atoms with van der Waals surface area (Å²) in [7, 11) is 0.419. The minimum atomic E-state index is 0.419. The number of hydrogen-bond acceptors (Lipinski definition) is 0. The Labute approximate surface area is 107 Å². The maximum atomic E-state index is 2.32. The Morgan fingerprint density at radius 2 is 1.76 bits per heavy atom. The van der Waals surface area contributed by atoms with Gasteiger partial charge in [-0.3, -0.25) is 0 Å². The van der Waals surface area contributed by atoms with Crippen LogP contribution in [0.3, 0.4) is 0 Å². The Bertz CT molecular complexity index is 502. The van der Waals surface area contributed by atoms with Crippen molar-refractivity contribution in [2.24, 2.45) is 0 Å². The van der Waals surface area contributed by atoms with Crippen molar-refractivity contribution in [3.8, 4) is 0 Å². The summed E-state index contributed by atoms with van der Waals surface area (Å²) in [5.41, 5.74) is 1.46. The summed E-state index contributed by atoms with van der Waals surface area (Å²) in [5, 5.41) is 2.85. The van der Waals surface area contributed by atoms with Crippen LogP contribution in [0, 0.1) is 6.92 Å². The highest BCUT2D eigenvalue weighted by Gasteiger charge is 2.23. The van der Waals surface area contributed by atoms with Crippen LogP contribution < -0.4 is 0 Å². The van der Waals surface area contributed by atoms with Crippen molar-refractivity contribution in [3.63, 3.8) is 0 Å². The van der Waals surface area contributed by atoms with Gasteiger partial charge in [-0.05, 0) is 31.7 Å². The van der Waals surface area contributed by atoms with Gasteiger partial charge in [0.1, 0.15) is 11.5 Å². The molecule has 0 aliphatic heterocycles. The Balaban J connectivity index is 2.60. The molecule has 90 valence electrons. The van der Waals surface area contributed by atoms with E-state index < -0.39 is 0 Å². The van der Waals surface area contributed by atoms with Gasteiger partial charge in [0.15, 0.2) is 4.90 Å². The lowest BCUT2D eigenvalue weighted by molar-refractivity contribution is 1.09. The van der Waals surface area contributed by atoms with Gasteiger partial charge in [0.05, 0.1) is 0 Å². The third-order valence-electron chi connectivity index (χ3n) is 3.16. The highest BCUT2D eigenvalue weighted by Crippen LogP contribution is 2.29. The predicted octanol–water partition coefficient (Wildman–Crippen LogP) is 4.56. The fraction of sp³-hybridized carbons (Fsp3) is 0.375. The van der Waals surface area contributed by atoms with E-state index in [1.807, 2.05) is 0 Å². The summed E-state index contributed by atoms with van der Waals surface area (Å²) in [6.07, 6.45) is 1.28. The molecule has 0 nitrogen and oxygen atoms in total. The van der Waals surface area contributed by atoms with Gasteiger partial charge in [0.2, 0.25) is 0 Å². The molecule has 0 radical (unpaired) electrons. The van der Waals surface area contributed by atoms with Crippen LogP contribution in [0.5, 0.6) is 0 Å². The van der Waals surface area contributed by atoms with Crippen LogP contribution in [0.25, 0.3) is 10.8 Å². The third-order valence-corrected chi connectivity index (χ3v) is 5.88. The standard InChI is InChI=1S/C16H21S/c1-4-12-17(5-2)16-13(3)10-11-14-8-6-7-9-15(14)16/h6-11H,4-5,12H2,1-3H3/q+1. The second-order valence-electron chi connectivity index (χ2n) is 4.42. The van der Waals surface area contributed by atoms with Crippen molar-refractivity contribution in [2.45, 2.75) is 32.1 Å². The number of benzene rings is 2. The fourth-order valence-corrected chi connectivity index (χ4v) is 4.67. The van der Waals surface area contributed by atoms with Crippen molar-refractivity contribution in [1.82, 2.24) is 0 Å².